The van der Waals surface area contributed by atoms with Crippen LogP contribution in [0.1, 0.15) is 29.6 Å². The van der Waals surface area contributed by atoms with Gasteiger partial charge < -0.3 is 15.2 Å². The van der Waals surface area contributed by atoms with Crippen LogP contribution < -0.4 is 10.6 Å². The Morgan fingerprint density at radius 2 is 2.00 bits per heavy atom. The number of aryl methyl sites for hydroxylation is 1. The molecule has 0 amide bonds. The smallest absolute Gasteiger partial charge is 0.228 e. The van der Waals surface area contributed by atoms with Crippen LogP contribution in [0.4, 0.5) is 0 Å². The maximum absolute atomic E-state index is 5.91. The van der Waals surface area contributed by atoms with Crippen molar-refractivity contribution in [3.63, 3.8) is 0 Å². The van der Waals surface area contributed by atoms with Crippen LogP contribution >= 0.6 is 22.9 Å². The number of aliphatic imine (C=N–C) groups is 1. The maximum Gasteiger partial charge on any atom is 0.228 e. The van der Waals surface area contributed by atoms with Gasteiger partial charge in [0.15, 0.2) is 5.96 Å². The number of halogens is 1. The van der Waals surface area contributed by atoms with Crippen molar-refractivity contribution in [1.82, 2.24) is 25.8 Å². The molecule has 0 saturated heterocycles. The summed E-state index contributed by atoms with van der Waals surface area (Å²) in [6.07, 6.45) is 4.43. The molecule has 0 spiro atoms. The summed E-state index contributed by atoms with van der Waals surface area (Å²) in [5.41, 5.74) is 0.876. The van der Waals surface area contributed by atoms with Crippen LogP contribution in [-0.2, 0) is 19.3 Å². The largest absolute Gasteiger partial charge is 0.357 e. The number of guanidine groups is 1. The molecule has 1 aromatic carbocycles. The third kappa shape index (κ3) is 6.54. The molecule has 9 heteroatoms. The summed E-state index contributed by atoms with van der Waals surface area (Å²) in [5, 5.41) is 12.4. The number of nitrogens with zero attached hydrogens (tertiary/aromatic N) is 4. The Bertz CT molecular complexity index is 921. The van der Waals surface area contributed by atoms with Crippen molar-refractivity contribution in [1.29, 1.82) is 0 Å². The Balaban J connectivity index is 1.48. The van der Waals surface area contributed by atoms with Gasteiger partial charge in [-0.1, -0.05) is 23.7 Å². The molecule has 7 nitrogen and oxygen atoms in total. The SMILES string of the molecule is CCNC(=NCCc1ncc(CC)s1)NCCc1nc(-c2ccc(Cl)cc2)no1. The van der Waals surface area contributed by atoms with E-state index in [9.17, 15) is 0 Å². The Labute approximate surface area is 179 Å². The number of hydrogen-bond donors (Lipinski definition) is 2. The van der Waals surface area contributed by atoms with Crippen LogP contribution in [0.3, 0.4) is 0 Å². The molecule has 29 heavy (non-hydrogen) atoms. The maximum atomic E-state index is 5.91. The first-order valence-electron chi connectivity index (χ1n) is 9.72. The van der Waals surface area contributed by atoms with Crippen LogP contribution in [0.2, 0.25) is 5.02 Å². The topological polar surface area (TPSA) is 88.2 Å². The minimum absolute atomic E-state index is 0.562. The molecule has 0 aliphatic rings. The minimum Gasteiger partial charge on any atom is -0.357 e. The van der Waals surface area contributed by atoms with E-state index in [4.69, 9.17) is 16.1 Å². The van der Waals surface area contributed by atoms with Crippen LogP contribution in [0.15, 0.2) is 40.0 Å². The average Bonchev–Trinajstić information content (AvgIpc) is 3.38. The van der Waals surface area contributed by atoms with E-state index < -0.39 is 0 Å². The van der Waals surface area contributed by atoms with E-state index in [1.165, 1.54) is 4.88 Å². The van der Waals surface area contributed by atoms with Gasteiger partial charge in [-0.2, -0.15) is 4.98 Å². The summed E-state index contributed by atoms with van der Waals surface area (Å²) in [4.78, 5) is 14.8. The second kappa shape index (κ2) is 10.9. The Hall–Kier alpha value is -2.45. The van der Waals surface area contributed by atoms with Crippen molar-refractivity contribution in [2.75, 3.05) is 19.6 Å². The first-order valence-corrected chi connectivity index (χ1v) is 10.9. The fourth-order valence-electron chi connectivity index (χ4n) is 2.59. The van der Waals surface area contributed by atoms with E-state index in [1.807, 2.05) is 37.4 Å². The third-order valence-electron chi connectivity index (χ3n) is 4.09. The van der Waals surface area contributed by atoms with Gasteiger partial charge in [-0.25, -0.2) is 4.98 Å². The van der Waals surface area contributed by atoms with Gasteiger partial charge in [0, 0.05) is 54.1 Å². The summed E-state index contributed by atoms with van der Waals surface area (Å²) >= 11 is 7.67. The average molecular weight is 433 g/mol. The van der Waals surface area contributed by atoms with Gasteiger partial charge in [0.25, 0.3) is 0 Å². The van der Waals surface area contributed by atoms with Crippen LogP contribution in [0.25, 0.3) is 11.4 Å². The zero-order valence-electron chi connectivity index (χ0n) is 16.6. The van der Waals surface area contributed by atoms with Crippen LogP contribution in [-0.4, -0.2) is 40.7 Å². The molecule has 0 unspecified atom stereocenters. The molecule has 2 heterocycles. The molecule has 0 saturated carbocycles. The molecule has 3 rings (SSSR count). The fourth-order valence-corrected chi connectivity index (χ4v) is 3.57. The predicted octanol–water partition coefficient (Wildman–Crippen LogP) is 3.75. The van der Waals surface area contributed by atoms with Crippen molar-refractivity contribution in [2.45, 2.75) is 33.1 Å². The lowest BCUT2D eigenvalue weighted by Crippen LogP contribution is -2.38. The van der Waals surface area contributed by atoms with Gasteiger partial charge in [0.1, 0.15) is 0 Å². The fraction of sp³-hybridized carbons (Fsp3) is 0.400. The van der Waals surface area contributed by atoms with E-state index in [0.29, 0.717) is 36.2 Å². The number of hydrogen-bond acceptors (Lipinski definition) is 6. The molecule has 3 aromatic rings. The molecule has 0 radical (unpaired) electrons. The van der Waals surface area contributed by atoms with E-state index in [0.717, 1.165) is 35.9 Å². The molecule has 0 bridgehead atoms. The number of nitrogens with one attached hydrogen (secondary N) is 2. The van der Waals surface area contributed by atoms with E-state index in [-0.39, 0.29) is 0 Å². The van der Waals surface area contributed by atoms with Crippen LogP contribution in [0, 0.1) is 0 Å². The highest BCUT2D eigenvalue weighted by Crippen LogP contribution is 2.18. The molecule has 154 valence electrons. The van der Waals surface area contributed by atoms with Gasteiger partial charge in [0.05, 0.1) is 5.01 Å². The number of rotatable bonds is 9. The highest BCUT2D eigenvalue weighted by Gasteiger charge is 2.09. The summed E-state index contributed by atoms with van der Waals surface area (Å²) in [6, 6.07) is 7.36. The minimum atomic E-state index is 0.562. The van der Waals surface area contributed by atoms with Gasteiger partial charge in [-0.3, -0.25) is 4.99 Å². The molecular weight excluding hydrogens is 408 g/mol. The van der Waals surface area contributed by atoms with Gasteiger partial charge in [-0.15, -0.1) is 11.3 Å². The van der Waals surface area contributed by atoms with E-state index in [1.54, 1.807) is 11.3 Å². The number of benzene rings is 1. The zero-order valence-corrected chi connectivity index (χ0v) is 18.2. The molecule has 0 aliphatic carbocycles. The lowest BCUT2D eigenvalue weighted by Gasteiger charge is -2.09. The molecule has 0 aliphatic heterocycles. The Morgan fingerprint density at radius 3 is 2.72 bits per heavy atom. The number of thiazole rings is 1. The standard InChI is InChI=1S/C20H25ClN6OS/c1-3-16-13-25-18(29-16)10-12-24-20(22-4-2)23-11-9-17-26-19(27-28-17)14-5-7-15(21)8-6-14/h5-8,13H,3-4,9-12H2,1-2H3,(H2,22,23,24). The third-order valence-corrected chi connectivity index (χ3v) is 5.54. The normalized spacial score (nSPS) is 11.6. The van der Waals surface area contributed by atoms with E-state index in [2.05, 4.69) is 37.7 Å². The van der Waals surface area contributed by atoms with Gasteiger partial charge >= 0.3 is 0 Å². The predicted molar refractivity (Wildman–Crippen MR) is 118 cm³/mol. The van der Waals surface area contributed by atoms with Gasteiger partial charge in [-0.05, 0) is 37.6 Å². The molecule has 0 fully saturated rings. The molecule has 2 aromatic heterocycles. The molecular formula is C20H25ClN6OS. The lowest BCUT2D eigenvalue weighted by molar-refractivity contribution is 0.378. The quantitative estimate of drug-likeness (QED) is 0.395. The Kier molecular flexibility index (Phi) is 8.01. The van der Waals surface area contributed by atoms with Crippen molar-refractivity contribution >= 4 is 28.9 Å². The monoisotopic (exact) mass is 432 g/mol. The first kappa shape index (κ1) is 21.3. The highest BCUT2D eigenvalue weighted by molar-refractivity contribution is 7.11. The summed E-state index contributed by atoms with van der Waals surface area (Å²) in [5.74, 6) is 1.91. The summed E-state index contributed by atoms with van der Waals surface area (Å²) < 4.78 is 5.34. The van der Waals surface area contributed by atoms with Crippen molar-refractivity contribution in [2.24, 2.45) is 4.99 Å². The second-order valence-corrected chi connectivity index (χ2v) is 7.92. The molecule has 2 N–H and O–H groups in total. The van der Waals surface area contributed by atoms with Crippen molar-refractivity contribution in [3.8, 4) is 11.4 Å². The van der Waals surface area contributed by atoms with Crippen LogP contribution in [0.5, 0.6) is 0 Å². The number of aromatic nitrogens is 3. The second-order valence-electron chi connectivity index (χ2n) is 6.28. The first-order chi connectivity index (χ1) is 14.2. The van der Waals surface area contributed by atoms with E-state index >= 15 is 0 Å². The summed E-state index contributed by atoms with van der Waals surface area (Å²) in [7, 11) is 0. The highest BCUT2D eigenvalue weighted by atomic mass is 35.5. The van der Waals surface area contributed by atoms with Crippen molar-refractivity contribution < 1.29 is 4.52 Å². The molecule has 0 atom stereocenters. The zero-order chi connectivity index (χ0) is 20.5. The Morgan fingerprint density at radius 1 is 1.17 bits per heavy atom. The van der Waals surface area contributed by atoms with Crippen molar-refractivity contribution in [3.05, 3.63) is 51.3 Å². The lowest BCUT2D eigenvalue weighted by atomic mass is 10.2. The summed E-state index contributed by atoms with van der Waals surface area (Å²) in [6.45, 7) is 6.31. The van der Waals surface area contributed by atoms with Gasteiger partial charge in [0.2, 0.25) is 11.7 Å².